The van der Waals surface area contributed by atoms with Crippen LogP contribution in [0.4, 0.5) is 4.79 Å². The lowest BCUT2D eigenvalue weighted by atomic mass is 10.1. The van der Waals surface area contributed by atoms with Crippen LogP contribution in [0.25, 0.3) is 0 Å². The molecule has 0 spiro atoms. The molecule has 0 aliphatic heterocycles. The lowest BCUT2D eigenvalue weighted by Gasteiger charge is -2.05. The molecule has 1 rings (SSSR count). The average molecular weight is 211 g/mol. The van der Waals surface area contributed by atoms with Crippen LogP contribution < -0.4 is 5.32 Å². The Labute approximate surface area is 86.0 Å². The van der Waals surface area contributed by atoms with Gasteiger partial charge in [0.25, 0.3) is 0 Å². The Kier molecular flexibility index (Phi) is 4.41. The lowest BCUT2D eigenvalue weighted by molar-refractivity contribution is 0.142. The van der Waals surface area contributed by atoms with Crippen LogP contribution in [0, 0.1) is 0 Å². The Balaban J connectivity index is 2.54. The molecular formula is C10H14NO2P. The van der Waals surface area contributed by atoms with Crippen LogP contribution in [0.3, 0.4) is 0 Å². The van der Waals surface area contributed by atoms with E-state index in [1.807, 2.05) is 24.3 Å². The molecular weight excluding hydrogens is 197 g/mol. The Morgan fingerprint density at radius 2 is 2.21 bits per heavy atom. The number of carbonyl (C=O) groups excluding carboxylic acids is 1. The van der Waals surface area contributed by atoms with Crippen molar-refractivity contribution in [3.8, 4) is 0 Å². The maximum absolute atomic E-state index is 10.8. The minimum Gasteiger partial charge on any atom is -0.445 e. The summed E-state index contributed by atoms with van der Waals surface area (Å²) in [7, 11) is 4.20. The summed E-state index contributed by atoms with van der Waals surface area (Å²) in [5, 5.41) is 2.40. The van der Waals surface area contributed by atoms with Crippen LogP contribution in [-0.4, -0.2) is 13.1 Å². The third-order valence-electron chi connectivity index (χ3n) is 1.80. The van der Waals surface area contributed by atoms with Crippen LogP contribution >= 0.6 is 9.24 Å². The van der Waals surface area contributed by atoms with E-state index in [9.17, 15) is 4.79 Å². The summed E-state index contributed by atoms with van der Waals surface area (Å²) in [6, 6.07) is 7.96. The van der Waals surface area contributed by atoms with Crippen LogP contribution in [-0.2, 0) is 17.5 Å². The third-order valence-corrected chi connectivity index (χ3v) is 2.27. The van der Waals surface area contributed by atoms with Crippen molar-refractivity contribution >= 4 is 15.3 Å². The van der Waals surface area contributed by atoms with Crippen molar-refractivity contribution in [1.29, 1.82) is 0 Å². The van der Waals surface area contributed by atoms with Gasteiger partial charge in [-0.15, -0.1) is 9.24 Å². The highest BCUT2D eigenvalue weighted by Gasteiger charge is 1.99. The molecule has 1 N–H and O–H groups in total. The van der Waals surface area contributed by atoms with E-state index in [1.165, 1.54) is 5.56 Å². The number of rotatable bonds is 3. The molecule has 1 amide bonds. The highest BCUT2D eigenvalue weighted by atomic mass is 31.0. The molecule has 0 aliphatic rings. The zero-order chi connectivity index (χ0) is 10.4. The monoisotopic (exact) mass is 211 g/mol. The van der Waals surface area contributed by atoms with Crippen LogP contribution in [0.1, 0.15) is 11.1 Å². The van der Waals surface area contributed by atoms with Crippen molar-refractivity contribution in [3.05, 3.63) is 35.4 Å². The molecule has 0 aliphatic carbocycles. The van der Waals surface area contributed by atoms with E-state index in [0.717, 1.165) is 11.7 Å². The van der Waals surface area contributed by atoms with E-state index in [-0.39, 0.29) is 0 Å². The van der Waals surface area contributed by atoms with Crippen molar-refractivity contribution in [2.24, 2.45) is 0 Å². The minimum atomic E-state index is -0.402. The molecule has 4 heteroatoms. The fourth-order valence-electron chi connectivity index (χ4n) is 1.07. The molecule has 1 unspecified atom stereocenters. The number of benzene rings is 1. The fourth-order valence-corrected chi connectivity index (χ4v) is 1.32. The normalized spacial score (nSPS) is 9.57. The van der Waals surface area contributed by atoms with Gasteiger partial charge in [-0.1, -0.05) is 24.3 Å². The Morgan fingerprint density at radius 1 is 1.50 bits per heavy atom. The van der Waals surface area contributed by atoms with Gasteiger partial charge in [0, 0.05) is 7.05 Å². The molecule has 0 fully saturated rings. The summed E-state index contributed by atoms with van der Waals surface area (Å²) in [6.45, 7) is 0.318. The summed E-state index contributed by atoms with van der Waals surface area (Å²) < 4.78 is 4.92. The Morgan fingerprint density at radius 3 is 2.86 bits per heavy atom. The molecule has 1 atom stereocenters. The van der Waals surface area contributed by atoms with E-state index in [2.05, 4.69) is 14.6 Å². The summed E-state index contributed by atoms with van der Waals surface area (Å²) in [5.41, 5.74) is 2.22. The Hall–Kier alpha value is -1.08. The molecule has 14 heavy (non-hydrogen) atoms. The molecule has 0 aromatic heterocycles. The third kappa shape index (κ3) is 3.35. The number of ether oxygens (including phenoxy) is 1. The van der Waals surface area contributed by atoms with E-state index in [1.54, 1.807) is 7.05 Å². The molecule has 76 valence electrons. The first-order chi connectivity index (χ1) is 6.76. The summed E-state index contributed by atoms with van der Waals surface area (Å²) >= 11 is 0. The standard InChI is InChI=1S/C10H14NO2P/c1-11-10(12)13-6-8-3-2-4-9(5-8)7-14/h2-5H,6-7,14H2,1H3,(H,11,12). The predicted octanol–water partition coefficient (Wildman–Crippen LogP) is 1.92. The highest BCUT2D eigenvalue weighted by molar-refractivity contribution is 7.15. The molecule has 3 nitrogen and oxygen atoms in total. The first kappa shape index (κ1) is 11.0. The fraction of sp³-hybridized carbons (Fsp3) is 0.300. The molecule has 1 aromatic rings. The summed E-state index contributed by atoms with van der Waals surface area (Å²) in [4.78, 5) is 10.8. The minimum absolute atomic E-state index is 0.318. The van der Waals surface area contributed by atoms with E-state index in [0.29, 0.717) is 6.61 Å². The Bertz CT molecular complexity index is 315. The van der Waals surface area contributed by atoms with Gasteiger partial charge in [0.05, 0.1) is 0 Å². The van der Waals surface area contributed by atoms with Gasteiger partial charge < -0.3 is 10.1 Å². The van der Waals surface area contributed by atoms with Gasteiger partial charge in [0.15, 0.2) is 0 Å². The van der Waals surface area contributed by atoms with Crippen molar-refractivity contribution in [2.45, 2.75) is 12.8 Å². The number of hydrogen-bond acceptors (Lipinski definition) is 2. The number of hydrogen-bond donors (Lipinski definition) is 1. The molecule has 0 bridgehead atoms. The van der Waals surface area contributed by atoms with Gasteiger partial charge in [-0.2, -0.15) is 0 Å². The number of amides is 1. The van der Waals surface area contributed by atoms with Gasteiger partial charge in [-0.3, -0.25) is 0 Å². The second-order valence-corrected chi connectivity index (χ2v) is 3.26. The number of alkyl carbamates (subject to hydrolysis) is 1. The molecule has 1 aromatic carbocycles. The second-order valence-electron chi connectivity index (χ2n) is 2.85. The highest BCUT2D eigenvalue weighted by Crippen LogP contribution is 2.09. The maximum Gasteiger partial charge on any atom is 0.407 e. The topological polar surface area (TPSA) is 38.3 Å². The zero-order valence-electron chi connectivity index (χ0n) is 8.12. The molecule has 0 heterocycles. The molecule has 0 saturated carbocycles. The van der Waals surface area contributed by atoms with Crippen LogP contribution in [0.15, 0.2) is 24.3 Å². The quantitative estimate of drug-likeness (QED) is 0.775. The van der Waals surface area contributed by atoms with E-state index < -0.39 is 6.09 Å². The number of nitrogens with one attached hydrogen (secondary N) is 1. The van der Waals surface area contributed by atoms with Gasteiger partial charge in [0.1, 0.15) is 6.61 Å². The van der Waals surface area contributed by atoms with Crippen molar-refractivity contribution < 1.29 is 9.53 Å². The van der Waals surface area contributed by atoms with Crippen molar-refractivity contribution in [1.82, 2.24) is 5.32 Å². The van der Waals surface area contributed by atoms with Gasteiger partial charge >= 0.3 is 6.09 Å². The van der Waals surface area contributed by atoms with Gasteiger partial charge in [-0.25, -0.2) is 4.79 Å². The maximum atomic E-state index is 10.8. The first-order valence-electron chi connectivity index (χ1n) is 4.38. The predicted molar refractivity (Wildman–Crippen MR) is 59.1 cm³/mol. The smallest absolute Gasteiger partial charge is 0.407 e. The largest absolute Gasteiger partial charge is 0.445 e. The summed E-state index contributed by atoms with van der Waals surface area (Å²) in [6.07, 6.45) is 0.509. The van der Waals surface area contributed by atoms with Crippen molar-refractivity contribution in [3.63, 3.8) is 0 Å². The SMILES string of the molecule is CNC(=O)OCc1cccc(CP)c1. The molecule has 0 saturated heterocycles. The second kappa shape index (κ2) is 5.61. The van der Waals surface area contributed by atoms with Gasteiger partial charge in [-0.05, 0) is 17.3 Å². The van der Waals surface area contributed by atoms with E-state index >= 15 is 0 Å². The lowest BCUT2D eigenvalue weighted by Crippen LogP contribution is -2.18. The zero-order valence-corrected chi connectivity index (χ0v) is 9.27. The molecule has 0 radical (unpaired) electrons. The van der Waals surface area contributed by atoms with Crippen LogP contribution in [0.2, 0.25) is 0 Å². The summed E-state index contributed by atoms with van der Waals surface area (Å²) in [5.74, 6) is 0. The first-order valence-corrected chi connectivity index (χ1v) is 5.20. The van der Waals surface area contributed by atoms with Crippen molar-refractivity contribution in [2.75, 3.05) is 7.05 Å². The average Bonchev–Trinajstić information content (AvgIpc) is 2.26. The van der Waals surface area contributed by atoms with Crippen LogP contribution in [0.5, 0.6) is 0 Å². The van der Waals surface area contributed by atoms with Gasteiger partial charge in [0.2, 0.25) is 0 Å². The van der Waals surface area contributed by atoms with E-state index in [4.69, 9.17) is 4.74 Å². The number of carbonyl (C=O) groups is 1.